The smallest absolute Gasteiger partial charge is 0.329 e. The van der Waals surface area contributed by atoms with Crippen molar-refractivity contribution in [3.63, 3.8) is 0 Å². The predicted octanol–water partition coefficient (Wildman–Crippen LogP) is -0.285. The molecule has 1 aromatic rings. The quantitative estimate of drug-likeness (QED) is 0.515. The van der Waals surface area contributed by atoms with Crippen LogP contribution < -0.4 is 11.3 Å². The van der Waals surface area contributed by atoms with Gasteiger partial charge in [-0.25, -0.2) is 0 Å². The maximum atomic E-state index is 11.3. The molecular formula is C7H9N3O3. The normalized spacial score (nSPS) is 9.92. The number of nitro groups is 1. The van der Waals surface area contributed by atoms with Crippen LogP contribution in [0, 0.1) is 10.1 Å². The first-order chi connectivity index (χ1) is 6.16. The summed E-state index contributed by atoms with van der Waals surface area (Å²) in [6, 6.07) is 2.63. The molecule has 70 valence electrons. The summed E-state index contributed by atoms with van der Waals surface area (Å²) in [6.45, 7) is 0.571. The summed E-state index contributed by atoms with van der Waals surface area (Å²) in [6.07, 6.45) is 1.47. The van der Waals surface area contributed by atoms with Gasteiger partial charge in [-0.15, -0.1) is 0 Å². The largest absolute Gasteiger partial charge is 0.334 e. The second kappa shape index (κ2) is 3.81. The molecule has 0 saturated carbocycles. The zero-order valence-corrected chi connectivity index (χ0v) is 6.84. The SMILES string of the molecule is NCCn1cccc([N+](=O)[O-])c1=O. The van der Waals surface area contributed by atoms with E-state index in [9.17, 15) is 14.9 Å². The van der Waals surface area contributed by atoms with Gasteiger partial charge in [-0.3, -0.25) is 14.9 Å². The highest BCUT2D eigenvalue weighted by atomic mass is 16.6. The maximum Gasteiger partial charge on any atom is 0.334 e. The van der Waals surface area contributed by atoms with Gasteiger partial charge < -0.3 is 10.3 Å². The molecule has 1 aromatic heterocycles. The Labute approximate surface area is 73.7 Å². The second-order valence-corrected chi connectivity index (χ2v) is 2.44. The van der Waals surface area contributed by atoms with E-state index in [0.717, 1.165) is 0 Å². The van der Waals surface area contributed by atoms with Gasteiger partial charge in [0.2, 0.25) is 0 Å². The van der Waals surface area contributed by atoms with Gasteiger partial charge in [0.15, 0.2) is 0 Å². The van der Waals surface area contributed by atoms with Crippen molar-refractivity contribution in [2.45, 2.75) is 6.54 Å². The second-order valence-electron chi connectivity index (χ2n) is 2.44. The van der Waals surface area contributed by atoms with E-state index < -0.39 is 16.2 Å². The number of pyridine rings is 1. The zero-order chi connectivity index (χ0) is 9.84. The van der Waals surface area contributed by atoms with Gasteiger partial charge in [0.1, 0.15) is 0 Å². The fourth-order valence-corrected chi connectivity index (χ4v) is 0.978. The minimum Gasteiger partial charge on any atom is -0.329 e. The van der Waals surface area contributed by atoms with Crippen molar-refractivity contribution in [3.8, 4) is 0 Å². The van der Waals surface area contributed by atoms with Crippen molar-refractivity contribution in [2.75, 3.05) is 6.54 Å². The predicted molar refractivity (Wildman–Crippen MR) is 46.4 cm³/mol. The zero-order valence-electron chi connectivity index (χ0n) is 6.84. The first-order valence-corrected chi connectivity index (χ1v) is 3.70. The molecule has 6 heteroatoms. The summed E-state index contributed by atoms with van der Waals surface area (Å²) in [5, 5.41) is 10.3. The summed E-state index contributed by atoms with van der Waals surface area (Å²) in [5.41, 5.74) is 4.19. The van der Waals surface area contributed by atoms with E-state index in [2.05, 4.69) is 0 Å². The van der Waals surface area contributed by atoms with Crippen LogP contribution in [0.25, 0.3) is 0 Å². The highest BCUT2D eigenvalue weighted by molar-refractivity contribution is 5.24. The Morgan fingerprint density at radius 3 is 2.85 bits per heavy atom. The molecule has 0 aliphatic heterocycles. The molecule has 13 heavy (non-hydrogen) atoms. The van der Waals surface area contributed by atoms with Gasteiger partial charge >= 0.3 is 11.2 Å². The van der Waals surface area contributed by atoms with Crippen LogP contribution in [0.4, 0.5) is 5.69 Å². The Morgan fingerprint density at radius 1 is 1.62 bits per heavy atom. The molecule has 6 nitrogen and oxygen atoms in total. The lowest BCUT2D eigenvalue weighted by Gasteiger charge is -2.01. The molecule has 0 saturated heterocycles. The molecule has 0 unspecified atom stereocenters. The van der Waals surface area contributed by atoms with Gasteiger partial charge in [-0.05, 0) is 6.07 Å². The van der Waals surface area contributed by atoms with Crippen molar-refractivity contribution in [2.24, 2.45) is 5.73 Å². The van der Waals surface area contributed by atoms with Crippen molar-refractivity contribution >= 4 is 5.69 Å². The van der Waals surface area contributed by atoms with Crippen LogP contribution in [-0.2, 0) is 6.54 Å². The first-order valence-electron chi connectivity index (χ1n) is 3.70. The molecule has 0 radical (unpaired) electrons. The van der Waals surface area contributed by atoms with Crippen molar-refractivity contribution in [1.29, 1.82) is 0 Å². The summed E-state index contributed by atoms with van der Waals surface area (Å²) >= 11 is 0. The van der Waals surface area contributed by atoms with Crippen molar-refractivity contribution < 1.29 is 4.92 Å². The third-order valence-corrected chi connectivity index (χ3v) is 1.57. The van der Waals surface area contributed by atoms with Gasteiger partial charge in [-0.2, -0.15) is 0 Å². The van der Waals surface area contributed by atoms with Crippen molar-refractivity contribution in [3.05, 3.63) is 38.8 Å². The first kappa shape index (κ1) is 9.40. The fraction of sp³-hybridized carbons (Fsp3) is 0.286. The van der Waals surface area contributed by atoms with Crippen LogP contribution in [-0.4, -0.2) is 16.0 Å². The number of aromatic nitrogens is 1. The Morgan fingerprint density at radius 2 is 2.31 bits per heavy atom. The molecule has 0 amide bonds. The van der Waals surface area contributed by atoms with E-state index in [1.807, 2.05) is 0 Å². The van der Waals surface area contributed by atoms with Crippen molar-refractivity contribution in [1.82, 2.24) is 4.57 Å². The van der Waals surface area contributed by atoms with E-state index in [1.165, 1.54) is 22.9 Å². The molecule has 2 N–H and O–H groups in total. The topological polar surface area (TPSA) is 91.2 Å². The van der Waals surface area contributed by atoms with Crippen LogP contribution in [0.3, 0.4) is 0 Å². The Hall–Kier alpha value is -1.69. The number of nitrogens with two attached hydrogens (primary N) is 1. The summed E-state index contributed by atoms with van der Waals surface area (Å²) in [4.78, 5) is 20.9. The number of nitrogens with zero attached hydrogens (tertiary/aromatic N) is 2. The highest BCUT2D eigenvalue weighted by Crippen LogP contribution is 2.00. The Balaban J connectivity index is 3.19. The van der Waals surface area contributed by atoms with Gasteiger partial charge in [0.25, 0.3) is 0 Å². The average molecular weight is 183 g/mol. The highest BCUT2D eigenvalue weighted by Gasteiger charge is 2.12. The molecule has 0 spiro atoms. The van der Waals surface area contributed by atoms with Crippen LogP contribution in [0.1, 0.15) is 0 Å². The lowest BCUT2D eigenvalue weighted by atomic mass is 10.4. The molecule has 0 aromatic carbocycles. The van der Waals surface area contributed by atoms with Gasteiger partial charge in [0, 0.05) is 25.4 Å². The number of hydrogen-bond acceptors (Lipinski definition) is 4. The summed E-state index contributed by atoms with van der Waals surface area (Å²) < 4.78 is 1.22. The van der Waals surface area contributed by atoms with E-state index >= 15 is 0 Å². The number of hydrogen-bond donors (Lipinski definition) is 1. The van der Waals surface area contributed by atoms with Gasteiger partial charge in [0.05, 0.1) is 4.92 Å². The van der Waals surface area contributed by atoms with E-state index in [4.69, 9.17) is 5.73 Å². The fourth-order valence-electron chi connectivity index (χ4n) is 0.978. The third-order valence-electron chi connectivity index (χ3n) is 1.57. The molecule has 0 aliphatic carbocycles. The molecule has 1 rings (SSSR count). The maximum absolute atomic E-state index is 11.3. The monoisotopic (exact) mass is 183 g/mol. The van der Waals surface area contributed by atoms with Gasteiger partial charge in [-0.1, -0.05) is 0 Å². The van der Waals surface area contributed by atoms with Crippen LogP contribution >= 0.6 is 0 Å². The Bertz CT molecular complexity index is 371. The molecule has 0 fully saturated rings. The number of rotatable bonds is 3. The molecule has 1 heterocycles. The van der Waals surface area contributed by atoms with Crippen LogP contribution in [0.2, 0.25) is 0 Å². The van der Waals surface area contributed by atoms with E-state index in [0.29, 0.717) is 6.54 Å². The third kappa shape index (κ3) is 1.91. The lowest BCUT2D eigenvalue weighted by molar-refractivity contribution is -0.386. The molecular weight excluding hydrogens is 174 g/mol. The summed E-state index contributed by atoms with van der Waals surface area (Å²) in [5.74, 6) is 0. The molecule has 0 aliphatic rings. The minimum absolute atomic E-state index is 0.279. The van der Waals surface area contributed by atoms with E-state index in [-0.39, 0.29) is 6.54 Å². The minimum atomic E-state index is -0.699. The van der Waals surface area contributed by atoms with Crippen LogP contribution in [0.5, 0.6) is 0 Å². The average Bonchev–Trinajstić information content (AvgIpc) is 2.08. The van der Waals surface area contributed by atoms with Crippen LogP contribution in [0.15, 0.2) is 23.1 Å². The summed E-state index contributed by atoms with van der Waals surface area (Å²) in [7, 11) is 0. The Kier molecular flexibility index (Phi) is 2.76. The molecule has 0 bridgehead atoms. The lowest BCUT2D eigenvalue weighted by Crippen LogP contribution is -2.24. The van der Waals surface area contributed by atoms with E-state index in [1.54, 1.807) is 0 Å². The molecule has 0 atom stereocenters. The standard InChI is InChI=1S/C7H9N3O3/c8-3-5-9-4-1-2-6(7(9)11)10(12)13/h1-2,4H,3,5,8H2.